The van der Waals surface area contributed by atoms with Crippen LogP contribution in [0.15, 0.2) is 0 Å². The van der Waals surface area contributed by atoms with Crippen LogP contribution in [0.4, 0.5) is 4.79 Å². The van der Waals surface area contributed by atoms with E-state index in [-0.39, 0.29) is 12.1 Å². The van der Waals surface area contributed by atoms with Crippen molar-refractivity contribution in [1.29, 1.82) is 0 Å². The highest BCUT2D eigenvalue weighted by Gasteiger charge is 2.06. The van der Waals surface area contributed by atoms with E-state index in [9.17, 15) is 4.79 Å². The predicted molar refractivity (Wildman–Crippen MR) is 53.8 cm³/mol. The van der Waals surface area contributed by atoms with Crippen molar-refractivity contribution in [3.8, 4) is 0 Å². The second kappa shape index (κ2) is 7.90. The molecule has 1 N–H and O–H groups in total. The van der Waals surface area contributed by atoms with Gasteiger partial charge in [0.05, 0.1) is 6.61 Å². The summed E-state index contributed by atoms with van der Waals surface area (Å²) < 4.78 is 4.89. The molecule has 0 fully saturated rings. The minimum Gasteiger partial charge on any atom is -0.450 e. The van der Waals surface area contributed by atoms with Gasteiger partial charge in [-0.1, -0.05) is 26.7 Å². The molecule has 78 valence electrons. The standard InChI is InChI=1S/C10H21NO2/c1-4-6-7-9(3)11-10(12)13-8-5-2/h9H,4-8H2,1-3H3,(H,11,12). The third-order valence-electron chi connectivity index (χ3n) is 1.79. The number of hydrogen-bond donors (Lipinski definition) is 1. The maximum atomic E-state index is 11.0. The van der Waals surface area contributed by atoms with E-state index < -0.39 is 0 Å². The van der Waals surface area contributed by atoms with Crippen molar-refractivity contribution in [1.82, 2.24) is 5.32 Å². The highest BCUT2D eigenvalue weighted by atomic mass is 16.5. The largest absolute Gasteiger partial charge is 0.450 e. The first kappa shape index (κ1) is 12.3. The van der Waals surface area contributed by atoms with E-state index in [0.29, 0.717) is 6.61 Å². The smallest absolute Gasteiger partial charge is 0.407 e. The van der Waals surface area contributed by atoms with Crippen molar-refractivity contribution in [2.24, 2.45) is 0 Å². The van der Waals surface area contributed by atoms with Crippen LogP contribution in [-0.4, -0.2) is 18.7 Å². The van der Waals surface area contributed by atoms with Gasteiger partial charge >= 0.3 is 6.09 Å². The van der Waals surface area contributed by atoms with Crippen LogP contribution in [-0.2, 0) is 4.74 Å². The molecule has 0 aromatic heterocycles. The Kier molecular flexibility index (Phi) is 7.45. The fourth-order valence-corrected chi connectivity index (χ4v) is 1.02. The molecule has 1 amide bonds. The average molecular weight is 187 g/mol. The minimum absolute atomic E-state index is 0.226. The van der Waals surface area contributed by atoms with Crippen LogP contribution >= 0.6 is 0 Å². The zero-order chi connectivity index (χ0) is 10.1. The molecule has 0 bridgehead atoms. The highest BCUT2D eigenvalue weighted by molar-refractivity contribution is 5.67. The van der Waals surface area contributed by atoms with Crippen molar-refractivity contribution in [3.05, 3.63) is 0 Å². The zero-order valence-electron chi connectivity index (χ0n) is 8.93. The molecule has 0 aliphatic heterocycles. The van der Waals surface area contributed by atoms with E-state index in [1.807, 2.05) is 13.8 Å². The second-order valence-corrected chi connectivity index (χ2v) is 3.32. The van der Waals surface area contributed by atoms with Crippen LogP contribution in [0.3, 0.4) is 0 Å². The Labute approximate surface area is 80.8 Å². The molecular weight excluding hydrogens is 166 g/mol. The molecule has 3 nitrogen and oxygen atoms in total. The van der Waals surface area contributed by atoms with Gasteiger partial charge in [-0.15, -0.1) is 0 Å². The third kappa shape index (κ3) is 7.62. The normalized spacial score (nSPS) is 12.2. The molecule has 0 rings (SSSR count). The summed E-state index contributed by atoms with van der Waals surface area (Å²) in [5.41, 5.74) is 0. The number of nitrogens with one attached hydrogen (secondary N) is 1. The average Bonchev–Trinajstić information content (AvgIpc) is 2.11. The van der Waals surface area contributed by atoms with Crippen LogP contribution in [0.2, 0.25) is 0 Å². The first-order valence-corrected chi connectivity index (χ1v) is 5.14. The molecule has 0 radical (unpaired) electrons. The van der Waals surface area contributed by atoms with Gasteiger partial charge in [0, 0.05) is 6.04 Å². The number of carbonyl (C=O) groups excluding carboxylic acids is 1. The summed E-state index contributed by atoms with van der Waals surface area (Å²) >= 11 is 0. The van der Waals surface area contributed by atoms with Crippen LogP contribution in [0.25, 0.3) is 0 Å². The molecule has 3 heteroatoms. The lowest BCUT2D eigenvalue weighted by Gasteiger charge is -2.12. The number of ether oxygens (including phenoxy) is 1. The molecule has 0 aromatic carbocycles. The van der Waals surface area contributed by atoms with Gasteiger partial charge in [0.25, 0.3) is 0 Å². The van der Waals surface area contributed by atoms with Gasteiger partial charge in [-0.05, 0) is 19.8 Å². The van der Waals surface area contributed by atoms with Gasteiger partial charge in [-0.3, -0.25) is 0 Å². The second-order valence-electron chi connectivity index (χ2n) is 3.32. The maximum absolute atomic E-state index is 11.0. The summed E-state index contributed by atoms with van der Waals surface area (Å²) in [4.78, 5) is 11.0. The molecule has 0 saturated heterocycles. The lowest BCUT2D eigenvalue weighted by Crippen LogP contribution is -2.33. The number of carbonyl (C=O) groups is 1. The van der Waals surface area contributed by atoms with Crippen molar-refractivity contribution < 1.29 is 9.53 Å². The van der Waals surface area contributed by atoms with Crippen molar-refractivity contribution >= 4 is 6.09 Å². The Bertz CT molecular complexity index is 137. The Morgan fingerprint density at radius 2 is 2.08 bits per heavy atom. The fraction of sp³-hybridized carbons (Fsp3) is 0.900. The molecule has 0 heterocycles. The van der Waals surface area contributed by atoms with Crippen LogP contribution in [0.1, 0.15) is 46.5 Å². The molecule has 0 spiro atoms. The van der Waals surface area contributed by atoms with Crippen molar-refractivity contribution in [2.45, 2.75) is 52.5 Å². The van der Waals surface area contributed by atoms with Gasteiger partial charge in [-0.2, -0.15) is 0 Å². The van der Waals surface area contributed by atoms with E-state index in [0.717, 1.165) is 25.7 Å². The van der Waals surface area contributed by atoms with Gasteiger partial charge in [-0.25, -0.2) is 4.79 Å². The first-order chi connectivity index (χ1) is 6.20. The Morgan fingerprint density at radius 1 is 1.38 bits per heavy atom. The molecule has 1 unspecified atom stereocenters. The summed E-state index contributed by atoms with van der Waals surface area (Å²) in [7, 11) is 0. The van der Waals surface area contributed by atoms with E-state index in [1.54, 1.807) is 0 Å². The summed E-state index contributed by atoms with van der Waals surface area (Å²) in [6, 6.07) is 0.226. The lowest BCUT2D eigenvalue weighted by atomic mass is 10.1. The van der Waals surface area contributed by atoms with E-state index in [1.165, 1.54) is 0 Å². The maximum Gasteiger partial charge on any atom is 0.407 e. The number of hydrogen-bond acceptors (Lipinski definition) is 2. The molecule has 0 aromatic rings. The van der Waals surface area contributed by atoms with Gasteiger partial charge in [0.2, 0.25) is 0 Å². The number of unbranched alkanes of at least 4 members (excludes halogenated alkanes) is 1. The van der Waals surface area contributed by atoms with Gasteiger partial charge < -0.3 is 10.1 Å². The zero-order valence-corrected chi connectivity index (χ0v) is 8.93. The third-order valence-corrected chi connectivity index (χ3v) is 1.79. The molecule has 0 aliphatic carbocycles. The van der Waals surface area contributed by atoms with E-state index in [4.69, 9.17) is 4.74 Å². The fourth-order valence-electron chi connectivity index (χ4n) is 1.02. The summed E-state index contributed by atoms with van der Waals surface area (Å²) in [6.07, 6.45) is 3.92. The minimum atomic E-state index is -0.287. The Hall–Kier alpha value is -0.730. The Balaban J connectivity index is 3.41. The summed E-state index contributed by atoms with van der Waals surface area (Å²) in [5, 5.41) is 2.79. The SMILES string of the molecule is CCCCC(C)NC(=O)OCCC. The molecule has 0 aliphatic rings. The number of amides is 1. The topological polar surface area (TPSA) is 38.3 Å². The van der Waals surface area contributed by atoms with E-state index >= 15 is 0 Å². The highest BCUT2D eigenvalue weighted by Crippen LogP contribution is 1.99. The summed E-state index contributed by atoms with van der Waals surface area (Å²) in [6.45, 7) is 6.63. The molecule has 0 saturated carbocycles. The van der Waals surface area contributed by atoms with Crippen LogP contribution < -0.4 is 5.32 Å². The van der Waals surface area contributed by atoms with Gasteiger partial charge in [0.15, 0.2) is 0 Å². The van der Waals surface area contributed by atoms with Crippen molar-refractivity contribution in [3.63, 3.8) is 0 Å². The van der Waals surface area contributed by atoms with Crippen LogP contribution in [0, 0.1) is 0 Å². The van der Waals surface area contributed by atoms with E-state index in [2.05, 4.69) is 12.2 Å². The Morgan fingerprint density at radius 3 is 2.62 bits per heavy atom. The van der Waals surface area contributed by atoms with Crippen molar-refractivity contribution in [2.75, 3.05) is 6.61 Å². The lowest BCUT2D eigenvalue weighted by molar-refractivity contribution is 0.142. The first-order valence-electron chi connectivity index (χ1n) is 5.14. The molecule has 1 atom stereocenters. The van der Waals surface area contributed by atoms with Gasteiger partial charge in [0.1, 0.15) is 0 Å². The van der Waals surface area contributed by atoms with Crippen LogP contribution in [0.5, 0.6) is 0 Å². The molecule has 13 heavy (non-hydrogen) atoms. The number of alkyl carbamates (subject to hydrolysis) is 1. The quantitative estimate of drug-likeness (QED) is 0.694. The predicted octanol–water partition coefficient (Wildman–Crippen LogP) is 2.70. The number of rotatable bonds is 6. The molecular formula is C10H21NO2. The summed E-state index contributed by atoms with van der Waals surface area (Å²) in [5.74, 6) is 0. The monoisotopic (exact) mass is 187 g/mol.